The monoisotopic (exact) mass is 566 g/mol. The van der Waals surface area contributed by atoms with Crippen molar-refractivity contribution in [3.8, 4) is 6.01 Å². The van der Waals surface area contributed by atoms with Gasteiger partial charge in [-0.1, -0.05) is 6.07 Å². The topological polar surface area (TPSA) is 119 Å². The number of benzene rings is 1. The summed E-state index contributed by atoms with van der Waals surface area (Å²) in [6.07, 6.45) is 7.37. The summed E-state index contributed by atoms with van der Waals surface area (Å²) < 4.78 is 16.6. The first-order chi connectivity index (χ1) is 19.5. The van der Waals surface area contributed by atoms with Gasteiger partial charge in [0.05, 0.1) is 24.5 Å². The number of carbonyl (C=O) groups excluding carboxylic acids is 2. The van der Waals surface area contributed by atoms with E-state index in [0.717, 1.165) is 62.6 Å². The van der Waals surface area contributed by atoms with Crippen LogP contribution in [0.2, 0.25) is 0 Å². The zero-order chi connectivity index (χ0) is 27.9. The quantitative estimate of drug-likeness (QED) is 0.364. The Balaban J connectivity index is 1.19. The lowest BCUT2D eigenvalue weighted by Gasteiger charge is -2.31. The summed E-state index contributed by atoms with van der Waals surface area (Å²) in [4.78, 5) is 42.8. The van der Waals surface area contributed by atoms with Crippen LogP contribution in [-0.4, -0.2) is 84.3 Å². The van der Waals surface area contributed by atoms with Crippen molar-refractivity contribution in [1.29, 1.82) is 0 Å². The molecule has 1 atom stereocenters. The number of thiazole rings is 1. The summed E-state index contributed by atoms with van der Waals surface area (Å²) in [6, 6.07) is 7.57. The van der Waals surface area contributed by atoms with Crippen LogP contribution in [0.1, 0.15) is 52.1 Å². The number of aromatic nitrogens is 3. The van der Waals surface area contributed by atoms with Crippen molar-refractivity contribution in [1.82, 2.24) is 19.9 Å². The molecule has 3 aromatic rings. The molecule has 1 N–H and O–H groups in total. The van der Waals surface area contributed by atoms with E-state index in [0.29, 0.717) is 29.5 Å². The predicted octanol–water partition coefficient (Wildman–Crippen LogP) is 3.63. The molecule has 12 heteroatoms. The third-order valence-corrected chi connectivity index (χ3v) is 7.88. The lowest BCUT2D eigenvalue weighted by atomic mass is 10.1. The Kier molecular flexibility index (Phi) is 9.19. The average Bonchev–Trinajstić information content (AvgIpc) is 3.67. The van der Waals surface area contributed by atoms with Crippen LogP contribution in [0.5, 0.6) is 6.01 Å². The molecule has 5 rings (SSSR count). The normalized spacial score (nSPS) is 17.7. The van der Waals surface area contributed by atoms with Crippen molar-refractivity contribution in [3.63, 3.8) is 0 Å². The van der Waals surface area contributed by atoms with Crippen LogP contribution < -0.4 is 15.0 Å². The molecule has 1 amide bonds. The number of ether oxygens (including phenoxy) is 3. The van der Waals surface area contributed by atoms with E-state index in [-0.39, 0.29) is 18.1 Å². The minimum absolute atomic E-state index is 0.0388. The molecule has 0 spiro atoms. The van der Waals surface area contributed by atoms with Crippen LogP contribution in [0.4, 0.5) is 10.8 Å². The molecule has 0 saturated carbocycles. The summed E-state index contributed by atoms with van der Waals surface area (Å²) >= 11 is 1.42. The minimum atomic E-state index is -0.510. The second kappa shape index (κ2) is 13.2. The molecule has 2 fully saturated rings. The number of esters is 1. The molecule has 4 heterocycles. The van der Waals surface area contributed by atoms with Gasteiger partial charge in [0, 0.05) is 63.4 Å². The maximum Gasteiger partial charge on any atom is 0.339 e. The zero-order valence-corrected chi connectivity index (χ0v) is 23.6. The summed E-state index contributed by atoms with van der Waals surface area (Å²) in [6.45, 7) is 3.79. The van der Waals surface area contributed by atoms with Crippen molar-refractivity contribution in [2.45, 2.75) is 44.4 Å². The highest BCUT2D eigenvalue weighted by molar-refractivity contribution is 7.14. The van der Waals surface area contributed by atoms with Gasteiger partial charge >= 0.3 is 12.0 Å². The molecular formula is C28H34N6O5S. The number of methoxy groups -OCH3 is 1. The fourth-order valence-corrected chi connectivity index (χ4v) is 5.81. The summed E-state index contributed by atoms with van der Waals surface area (Å²) in [5.41, 5.74) is 1.94. The minimum Gasteiger partial charge on any atom is -0.465 e. The van der Waals surface area contributed by atoms with Crippen LogP contribution in [0, 0.1) is 0 Å². The molecule has 11 nitrogen and oxygen atoms in total. The van der Waals surface area contributed by atoms with Gasteiger partial charge in [-0.05, 0) is 43.7 Å². The fourth-order valence-electron chi connectivity index (χ4n) is 4.95. The average molecular weight is 567 g/mol. The van der Waals surface area contributed by atoms with Gasteiger partial charge < -0.3 is 24.4 Å². The SMILES string of the molecule is COC(=O)c1cc(CN(C)CC2CCCO2)ccc1NC(=O)c1csc(N2CCC(Oc3ncccn3)CC2)n1. The fraction of sp³-hybridized carbons (Fsp3) is 0.464. The number of hydrogen-bond acceptors (Lipinski definition) is 11. The molecule has 0 bridgehead atoms. The molecule has 2 aliphatic heterocycles. The van der Waals surface area contributed by atoms with E-state index < -0.39 is 5.97 Å². The van der Waals surface area contributed by atoms with E-state index in [1.807, 2.05) is 13.1 Å². The molecule has 40 heavy (non-hydrogen) atoms. The highest BCUT2D eigenvalue weighted by Gasteiger charge is 2.25. The van der Waals surface area contributed by atoms with Gasteiger partial charge in [-0.25, -0.2) is 19.7 Å². The number of amides is 1. The van der Waals surface area contributed by atoms with Crippen molar-refractivity contribution in [3.05, 3.63) is 58.9 Å². The summed E-state index contributed by atoms with van der Waals surface area (Å²) in [5, 5.41) is 5.36. The Morgan fingerprint density at radius 2 is 2.00 bits per heavy atom. The van der Waals surface area contributed by atoms with Crippen LogP contribution in [0.3, 0.4) is 0 Å². The van der Waals surface area contributed by atoms with E-state index in [1.165, 1.54) is 18.4 Å². The Labute approximate surface area is 237 Å². The van der Waals surface area contributed by atoms with Gasteiger partial charge in [0.1, 0.15) is 11.8 Å². The maximum absolute atomic E-state index is 13.1. The lowest BCUT2D eigenvalue weighted by Crippen LogP contribution is -2.38. The molecule has 2 aliphatic rings. The van der Waals surface area contributed by atoms with E-state index in [9.17, 15) is 9.59 Å². The van der Waals surface area contributed by atoms with Crippen molar-refractivity contribution >= 4 is 34.0 Å². The molecule has 1 unspecified atom stereocenters. The number of piperidine rings is 1. The molecule has 2 saturated heterocycles. The Hall–Kier alpha value is -3.61. The van der Waals surface area contributed by atoms with E-state index in [1.54, 1.807) is 36.0 Å². The Morgan fingerprint density at radius 3 is 2.73 bits per heavy atom. The number of carbonyl (C=O) groups is 2. The molecular weight excluding hydrogens is 532 g/mol. The summed E-state index contributed by atoms with van der Waals surface area (Å²) in [7, 11) is 3.36. The van der Waals surface area contributed by atoms with E-state index in [4.69, 9.17) is 14.2 Å². The van der Waals surface area contributed by atoms with Crippen molar-refractivity contribution in [2.75, 3.05) is 50.6 Å². The van der Waals surface area contributed by atoms with Gasteiger partial charge in [0.2, 0.25) is 0 Å². The third-order valence-electron chi connectivity index (χ3n) is 6.98. The second-order valence-electron chi connectivity index (χ2n) is 10.0. The second-order valence-corrected chi connectivity index (χ2v) is 10.8. The number of nitrogens with one attached hydrogen (secondary N) is 1. The van der Waals surface area contributed by atoms with Crippen molar-refractivity contribution < 1.29 is 23.8 Å². The van der Waals surface area contributed by atoms with Crippen LogP contribution in [-0.2, 0) is 16.0 Å². The summed E-state index contributed by atoms with van der Waals surface area (Å²) in [5.74, 6) is -0.890. The van der Waals surface area contributed by atoms with Gasteiger partial charge in [0.15, 0.2) is 5.13 Å². The highest BCUT2D eigenvalue weighted by atomic mass is 32.1. The first-order valence-corrected chi connectivity index (χ1v) is 14.3. The van der Waals surface area contributed by atoms with Gasteiger partial charge in [-0.2, -0.15) is 0 Å². The first kappa shape index (κ1) is 27.9. The molecule has 2 aromatic heterocycles. The smallest absolute Gasteiger partial charge is 0.339 e. The standard InChI is InChI=1S/C28H34N6O5S/c1-33(17-21-5-3-14-38-21)16-19-6-7-23(22(15-19)26(36)37-2)31-25(35)24-18-40-28(32-24)34-12-8-20(9-13-34)39-27-29-10-4-11-30-27/h4,6-7,10-11,15,18,20-21H,3,5,8-9,12-14,16-17H2,1-2H3,(H,31,35). The van der Waals surface area contributed by atoms with Gasteiger partial charge in [-0.15, -0.1) is 11.3 Å². The molecule has 212 valence electrons. The number of anilines is 2. The molecule has 1 aromatic carbocycles. The van der Waals surface area contributed by atoms with Crippen LogP contribution >= 0.6 is 11.3 Å². The Bertz CT molecular complexity index is 1290. The zero-order valence-electron chi connectivity index (χ0n) is 22.7. The van der Waals surface area contributed by atoms with Crippen molar-refractivity contribution in [2.24, 2.45) is 0 Å². The largest absolute Gasteiger partial charge is 0.465 e. The Morgan fingerprint density at radius 1 is 1.20 bits per heavy atom. The first-order valence-electron chi connectivity index (χ1n) is 13.5. The van der Waals surface area contributed by atoms with Crippen LogP contribution in [0.15, 0.2) is 42.0 Å². The lowest BCUT2D eigenvalue weighted by molar-refractivity contribution is 0.0601. The molecule has 0 aliphatic carbocycles. The maximum atomic E-state index is 13.1. The number of hydrogen-bond donors (Lipinski definition) is 1. The van der Waals surface area contributed by atoms with Crippen LogP contribution in [0.25, 0.3) is 0 Å². The van der Waals surface area contributed by atoms with E-state index >= 15 is 0 Å². The van der Waals surface area contributed by atoms with Gasteiger partial charge in [-0.3, -0.25) is 9.69 Å². The number of rotatable bonds is 10. The predicted molar refractivity (Wildman–Crippen MR) is 151 cm³/mol. The molecule has 0 radical (unpaired) electrons. The number of nitrogens with zero attached hydrogens (tertiary/aromatic N) is 5. The highest BCUT2D eigenvalue weighted by Crippen LogP contribution is 2.27. The van der Waals surface area contributed by atoms with E-state index in [2.05, 4.69) is 30.1 Å². The number of likely N-dealkylation sites (N-methyl/N-ethyl adjacent to an activating group) is 1. The third kappa shape index (κ3) is 7.12. The van der Waals surface area contributed by atoms with Gasteiger partial charge in [0.25, 0.3) is 5.91 Å².